The normalized spacial score (nSPS) is 14.9. The summed E-state index contributed by atoms with van der Waals surface area (Å²) in [4.78, 5) is 25.2. The first-order chi connectivity index (χ1) is 10.1. The number of likely N-dealkylation sites (tertiary alicyclic amines) is 1. The molecule has 2 rings (SSSR count). The van der Waals surface area contributed by atoms with Crippen LogP contribution in [0.1, 0.15) is 19.8 Å². The van der Waals surface area contributed by atoms with Crippen LogP contribution in [0, 0.1) is 0 Å². The third-order valence-corrected chi connectivity index (χ3v) is 3.34. The second kappa shape index (κ2) is 8.60. The molecule has 3 N–H and O–H groups in total. The number of nitrogens with two attached hydrogens (primary N) is 1. The Morgan fingerprint density at radius 1 is 1.36 bits per heavy atom. The Balaban J connectivity index is 0.00000242. The van der Waals surface area contributed by atoms with Crippen molar-refractivity contribution < 1.29 is 14.3 Å². The summed E-state index contributed by atoms with van der Waals surface area (Å²) in [5.41, 5.74) is 6.10. The van der Waals surface area contributed by atoms with Crippen molar-refractivity contribution in [3.05, 3.63) is 24.3 Å². The molecular weight excluding hydrogens is 306 g/mol. The van der Waals surface area contributed by atoms with Crippen LogP contribution >= 0.6 is 12.4 Å². The lowest BCUT2D eigenvalue weighted by Gasteiger charge is -2.16. The van der Waals surface area contributed by atoms with Crippen molar-refractivity contribution in [3.63, 3.8) is 0 Å². The molecule has 1 aromatic carbocycles. The van der Waals surface area contributed by atoms with Crippen molar-refractivity contribution in [2.75, 3.05) is 25.0 Å². The first-order valence-electron chi connectivity index (χ1n) is 7.13. The molecule has 0 aromatic heterocycles. The molecule has 1 heterocycles. The van der Waals surface area contributed by atoms with Crippen LogP contribution in [0.5, 0.6) is 5.75 Å². The first kappa shape index (κ1) is 18.3. The first-order valence-corrected chi connectivity index (χ1v) is 7.13. The van der Waals surface area contributed by atoms with E-state index in [9.17, 15) is 9.59 Å². The Labute approximate surface area is 136 Å². The summed E-state index contributed by atoms with van der Waals surface area (Å²) in [5, 5.41) is 2.69. The number of carbonyl (C=O) groups excluding carboxylic acids is 2. The van der Waals surface area contributed by atoms with E-state index in [0.29, 0.717) is 11.4 Å². The Morgan fingerprint density at radius 2 is 2.05 bits per heavy atom. The molecule has 2 amide bonds. The summed E-state index contributed by atoms with van der Waals surface area (Å²) < 4.78 is 5.49. The van der Waals surface area contributed by atoms with Crippen LogP contribution in [0.25, 0.3) is 0 Å². The molecule has 122 valence electrons. The minimum Gasteiger partial charge on any atom is -0.484 e. The molecule has 1 aliphatic rings. The number of benzene rings is 1. The molecule has 6 nitrogen and oxygen atoms in total. The Bertz CT molecular complexity index is 517. The number of ether oxygens (including phenoxy) is 1. The molecule has 0 bridgehead atoms. The average molecular weight is 328 g/mol. The lowest BCUT2D eigenvalue weighted by molar-refractivity contribution is -0.132. The number of nitrogens with one attached hydrogen (secondary N) is 1. The van der Waals surface area contributed by atoms with E-state index in [1.807, 2.05) is 4.90 Å². The number of hydrogen-bond donors (Lipinski definition) is 2. The number of nitrogens with zero attached hydrogens (tertiary/aromatic N) is 1. The van der Waals surface area contributed by atoms with Gasteiger partial charge in [0, 0.05) is 24.8 Å². The number of carbonyl (C=O) groups is 2. The third-order valence-electron chi connectivity index (χ3n) is 3.34. The van der Waals surface area contributed by atoms with E-state index in [2.05, 4.69) is 5.32 Å². The molecule has 1 atom stereocenters. The van der Waals surface area contributed by atoms with Gasteiger partial charge in [0.1, 0.15) is 5.75 Å². The second-order valence-corrected chi connectivity index (χ2v) is 5.18. The quantitative estimate of drug-likeness (QED) is 0.856. The highest BCUT2D eigenvalue weighted by atomic mass is 35.5. The van der Waals surface area contributed by atoms with E-state index in [1.165, 1.54) is 0 Å². The zero-order chi connectivity index (χ0) is 15.2. The average Bonchev–Trinajstić information content (AvgIpc) is 2.99. The van der Waals surface area contributed by atoms with Gasteiger partial charge in [-0.15, -0.1) is 12.4 Å². The lowest BCUT2D eigenvalue weighted by Crippen LogP contribution is -2.32. The molecular formula is C15H22ClN3O3. The predicted octanol–water partition coefficient (Wildman–Crippen LogP) is 1.40. The SMILES string of the molecule is C[C@H](N)C(=O)Nc1cccc(OCC(=O)N2CCCC2)c1.Cl. The number of hydrogen-bond acceptors (Lipinski definition) is 4. The number of amides is 2. The van der Waals surface area contributed by atoms with Gasteiger partial charge in [0.05, 0.1) is 6.04 Å². The Kier molecular flexibility index (Phi) is 7.14. The van der Waals surface area contributed by atoms with Crippen LogP contribution in [0.3, 0.4) is 0 Å². The molecule has 0 spiro atoms. The van der Waals surface area contributed by atoms with E-state index >= 15 is 0 Å². The Morgan fingerprint density at radius 3 is 2.68 bits per heavy atom. The van der Waals surface area contributed by atoms with Crippen molar-refractivity contribution in [1.29, 1.82) is 0 Å². The van der Waals surface area contributed by atoms with Crippen molar-refractivity contribution >= 4 is 29.9 Å². The summed E-state index contributed by atoms with van der Waals surface area (Å²) in [6.07, 6.45) is 2.12. The van der Waals surface area contributed by atoms with Gasteiger partial charge >= 0.3 is 0 Å². The smallest absolute Gasteiger partial charge is 0.260 e. The van der Waals surface area contributed by atoms with Crippen molar-refractivity contribution in [3.8, 4) is 5.75 Å². The number of rotatable bonds is 5. The minimum absolute atomic E-state index is 0. The van der Waals surface area contributed by atoms with Crippen LogP contribution in [-0.2, 0) is 9.59 Å². The van der Waals surface area contributed by atoms with E-state index in [4.69, 9.17) is 10.5 Å². The van der Waals surface area contributed by atoms with Gasteiger partial charge in [0.15, 0.2) is 6.61 Å². The summed E-state index contributed by atoms with van der Waals surface area (Å²) in [6, 6.07) is 6.35. The van der Waals surface area contributed by atoms with Crippen molar-refractivity contribution in [2.24, 2.45) is 5.73 Å². The summed E-state index contributed by atoms with van der Waals surface area (Å²) in [6.45, 7) is 3.26. The van der Waals surface area contributed by atoms with Crippen LogP contribution in [0.2, 0.25) is 0 Å². The van der Waals surface area contributed by atoms with Gasteiger partial charge in [-0.25, -0.2) is 0 Å². The molecule has 1 aromatic rings. The fraction of sp³-hybridized carbons (Fsp3) is 0.467. The van der Waals surface area contributed by atoms with Gasteiger partial charge < -0.3 is 20.7 Å². The minimum atomic E-state index is -0.577. The van der Waals surface area contributed by atoms with Gasteiger partial charge in [0.2, 0.25) is 5.91 Å². The second-order valence-electron chi connectivity index (χ2n) is 5.18. The molecule has 7 heteroatoms. The maximum Gasteiger partial charge on any atom is 0.260 e. The number of anilines is 1. The molecule has 0 aliphatic carbocycles. The van der Waals surface area contributed by atoms with Crippen molar-refractivity contribution in [1.82, 2.24) is 4.90 Å². The molecule has 1 saturated heterocycles. The zero-order valence-corrected chi connectivity index (χ0v) is 13.4. The highest BCUT2D eigenvalue weighted by molar-refractivity contribution is 5.94. The maximum atomic E-state index is 11.9. The molecule has 0 radical (unpaired) electrons. The molecule has 0 unspecified atom stereocenters. The molecule has 22 heavy (non-hydrogen) atoms. The van der Waals surface area contributed by atoms with Gasteiger partial charge in [-0.05, 0) is 31.9 Å². The van der Waals surface area contributed by atoms with E-state index in [1.54, 1.807) is 31.2 Å². The monoisotopic (exact) mass is 327 g/mol. The Hall–Kier alpha value is -1.79. The molecule has 1 fully saturated rings. The van der Waals surface area contributed by atoms with E-state index < -0.39 is 6.04 Å². The van der Waals surface area contributed by atoms with E-state index in [-0.39, 0.29) is 30.8 Å². The van der Waals surface area contributed by atoms with Gasteiger partial charge in [-0.2, -0.15) is 0 Å². The highest BCUT2D eigenvalue weighted by Gasteiger charge is 2.18. The third kappa shape index (κ3) is 5.20. The maximum absolute atomic E-state index is 11.9. The number of halogens is 1. The van der Waals surface area contributed by atoms with E-state index in [0.717, 1.165) is 25.9 Å². The van der Waals surface area contributed by atoms with Crippen LogP contribution in [0.15, 0.2) is 24.3 Å². The standard InChI is InChI=1S/C15H21N3O3.ClH/c1-11(16)15(20)17-12-5-4-6-13(9-12)21-10-14(19)18-7-2-3-8-18;/h4-6,9,11H,2-3,7-8,10,16H2,1H3,(H,17,20);1H/t11-;/m0./s1. The van der Waals surface area contributed by atoms with Crippen LogP contribution < -0.4 is 15.8 Å². The highest BCUT2D eigenvalue weighted by Crippen LogP contribution is 2.18. The summed E-state index contributed by atoms with van der Waals surface area (Å²) >= 11 is 0. The summed E-state index contributed by atoms with van der Waals surface area (Å²) in [7, 11) is 0. The summed E-state index contributed by atoms with van der Waals surface area (Å²) in [5.74, 6) is 0.280. The fourth-order valence-electron chi connectivity index (χ4n) is 2.12. The van der Waals surface area contributed by atoms with Gasteiger partial charge in [-0.1, -0.05) is 6.07 Å². The predicted molar refractivity (Wildman–Crippen MR) is 87.3 cm³/mol. The van der Waals surface area contributed by atoms with Gasteiger partial charge in [0.25, 0.3) is 5.91 Å². The van der Waals surface area contributed by atoms with Crippen LogP contribution in [0.4, 0.5) is 5.69 Å². The molecule has 1 aliphatic heterocycles. The van der Waals surface area contributed by atoms with Gasteiger partial charge in [-0.3, -0.25) is 9.59 Å². The topological polar surface area (TPSA) is 84.7 Å². The lowest BCUT2D eigenvalue weighted by atomic mass is 10.2. The molecule has 0 saturated carbocycles. The van der Waals surface area contributed by atoms with Crippen LogP contribution in [-0.4, -0.2) is 42.5 Å². The largest absolute Gasteiger partial charge is 0.484 e. The zero-order valence-electron chi connectivity index (χ0n) is 12.6. The van der Waals surface area contributed by atoms with Crippen molar-refractivity contribution in [2.45, 2.75) is 25.8 Å². The fourth-order valence-corrected chi connectivity index (χ4v) is 2.12.